The minimum absolute atomic E-state index is 0.869. The van der Waals surface area contributed by atoms with Crippen molar-refractivity contribution in [3.63, 3.8) is 0 Å². The molecule has 0 spiro atoms. The lowest BCUT2D eigenvalue weighted by molar-refractivity contribution is 0.816. The molecule has 0 N–H and O–H groups in total. The highest BCUT2D eigenvalue weighted by molar-refractivity contribution is 5.70. The van der Waals surface area contributed by atoms with E-state index >= 15 is 0 Å². The molecule has 1 aromatic heterocycles. The fraction of sp³-hybridized carbons (Fsp3) is 0.0833. The molecule has 0 fully saturated rings. The van der Waals surface area contributed by atoms with E-state index in [2.05, 4.69) is 109 Å². The van der Waals surface area contributed by atoms with Crippen LogP contribution < -0.4 is 0 Å². The molecule has 0 atom stereocenters. The summed E-state index contributed by atoms with van der Waals surface area (Å²) in [5.74, 6) is 0. The fourth-order valence-corrected chi connectivity index (χ4v) is 3.32. The van der Waals surface area contributed by atoms with Crippen LogP contribution >= 0.6 is 0 Å². The molecule has 0 unspecified atom stereocenters. The molecule has 1 heteroatoms. The topological polar surface area (TPSA) is 4.93 Å². The summed E-state index contributed by atoms with van der Waals surface area (Å²) in [6, 6.07) is 34.3. The van der Waals surface area contributed by atoms with Crippen LogP contribution in [0.5, 0.6) is 0 Å². The van der Waals surface area contributed by atoms with Crippen molar-refractivity contribution in [2.24, 2.45) is 0 Å². The monoisotopic (exact) mass is 323 g/mol. The summed E-state index contributed by atoms with van der Waals surface area (Å²) in [5.41, 5.74) is 7.68. The van der Waals surface area contributed by atoms with Gasteiger partial charge < -0.3 is 4.57 Å². The molecule has 0 saturated heterocycles. The first-order valence-electron chi connectivity index (χ1n) is 8.68. The molecule has 25 heavy (non-hydrogen) atoms. The van der Waals surface area contributed by atoms with Crippen molar-refractivity contribution < 1.29 is 0 Å². The predicted octanol–water partition coefficient (Wildman–Crippen LogP) is 6.18. The zero-order valence-corrected chi connectivity index (χ0v) is 14.4. The number of aromatic nitrogens is 1. The number of rotatable bonds is 4. The maximum absolute atomic E-state index is 2.42. The van der Waals surface area contributed by atoms with Gasteiger partial charge in [0.25, 0.3) is 0 Å². The van der Waals surface area contributed by atoms with E-state index in [1.807, 2.05) is 0 Å². The number of benzene rings is 3. The van der Waals surface area contributed by atoms with Crippen molar-refractivity contribution in [2.45, 2.75) is 13.5 Å². The molecule has 0 saturated carbocycles. The minimum atomic E-state index is 0.869. The normalized spacial score (nSPS) is 10.8. The molecule has 4 aromatic rings. The Morgan fingerprint density at radius 2 is 1.04 bits per heavy atom. The first kappa shape index (κ1) is 15.5. The third-order valence-corrected chi connectivity index (χ3v) is 4.71. The average molecular weight is 323 g/mol. The molecule has 1 heterocycles. The van der Waals surface area contributed by atoms with Crippen molar-refractivity contribution in [1.29, 1.82) is 0 Å². The zero-order valence-electron chi connectivity index (χ0n) is 14.4. The van der Waals surface area contributed by atoms with E-state index in [0.29, 0.717) is 0 Å². The molecule has 3 aromatic carbocycles. The Balaban J connectivity index is 1.86. The van der Waals surface area contributed by atoms with Gasteiger partial charge in [0.05, 0.1) is 0 Å². The Morgan fingerprint density at radius 1 is 0.560 bits per heavy atom. The molecule has 0 aliphatic carbocycles. The van der Waals surface area contributed by atoms with Crippen molar-refractivity contribution >= 4 is 0 Å². The number of aryl methyl sites for hydroxylation is 1. The van der Waals surface area contributed by atoms with E-state index < -0.39 is 0 Å². The maximum Gasteiger partial charge on any atom is 0.0488 e. The number of hydrogen-bond donors (Lipinski definition) is 0. The molecule has 0 bridgehead atoms. The van der Waals surface area contributed by atoms with Gasteiger partial charge >= 0.3 is 0 Å². The van der Waals surface area contributed by atoms with E-state index in [9.17, 15) is 0 Å². The number of hydrogen-bond acceptors (Lipinski definition) is 0. The van der Waals surface area contributed by atoms with Gasteiger partial charge in [0.1, 0.15) is 0 Å². The van der Waals surface area contributed by atoms with Crippen LogP contribution in [0.4, 0.5) is 0 Å². The third-order valence-electron chi connectivity index (χ3n) is 4.71. The second-order valence-corrected chi connectivity index (χ2v) is 6.35. The summed E-state index contributed by atoms with van der Waals surface area (Å²) in [7, 11) is 0. The Hall–Kier alpha value is -3.06. The molecule has 0 aliphatic rings. The summed E-state index contributed by atoms with van der Waals surface area (Å²) in [6.45, 7) is 3.05. The van der Waals surface area contributed by atoms with Gasteiger partial charge in [0.15, 0.2) is 0 Å². The largest absolute Gasteiger partial charge is 0.336 e. The summed E-state index contributed by atoms with van der Waals surface area (Å²) >= 11 is 0. The lowest BCUT2D eigenvalue weighted by Gasteiger charge is -2.16. The highest BCUT2D eigenvalue weighted by Gasteiger charge is 2.12. The van der Waals surface area contributed by atoms with Gasteiger partial charge in [-0.15, -0.1) is 0 Å². The number of nitrogens with zero attached hydrogens (tertiary/aromatic N) is 1. The van der Waals surface area contributed by atoms with E-state index in [4.69, 9.17) is 0 Å². The van der Waals surface area contributed by atoms with Crippen LogP contribution in [0.25, 0.3) is 22.5 Å². The Morgan fingerprint density at radius 3 is 1.56 bits per heavy atom. The van der Waals surface area contributed by atoms with E-state index in [1.54, 1.807) is 0 Å². The smallest absolute Gasteiger partial charge is 0.0488 e. The fourth-order valence-electron chi connectivity index (χ4n) is 3.32. The SMILES string of the molecule is Cc1ccccc1Cn1c(-c2ccccc2)ccc1-c1ccccc1. The van der Waals surface area contributed by atoms with Gasteiger partial charge in [0.2, 0.25) is 0 Å². The van der Waals surface area contributed by atoms with Crippen LogP contribution in [0.2, 0.25) is 0 Å². The predicted molar refractivity (Wildman–Crippen MR) is 106 cm³/mol. The summed E-state index contributed by atoms with van der Waals surface area (Å²) in [5, 5.41) is 0. The highest BCUT2D eigenvalue weighted by atomic mass is 15.0. The Labute approximate surface area is 149 Å². The van der Waals surface area contributed by atoms with Crippen LogP contribution in [0.1, 0.15) is 11.1 Å². The maximum atomic E-state index is 2.42. The van der Waals surface area contributed by atoms with Crippen LogP contribution in [-0.2, 0) is 6.54 Å². The van der Waals surface area contributed by atoms with Crippen molar-refractivity contribution in [3.05, 3.63) is 108 Å². The van der Waals surface area contributed by atoms with Gasteiger partial charge in [-0.3, -0.25) is 0 Å². The lowest BCUT2D eigenvalue weighted by atomic mass is 10.1. The molecular formula is C24H21N. The second-order valence-electron chi connectivity index (χ2n) is 6.35. The molecule has 0 aliphatic heterocycles. The summed E-state index contributed by atoms with van der Waals surface area (Å²) < 4.78 is 2.42. The van der Waals surface area contributed by atoms with Gasteiger partial charge in [-0.25, -0.2) is 0 Å². The van der Waals surface area contributed by atoms with E-state index in [0.717, 1.165) is 6.54 Å². The van der Waals surface area contributed by atoms with Crippen LogP contribution in [0, 0.1) is 6.92 Å². The average Bonchev–Trinajstić information content (AvgIpc) is 3.09. The molecule has 0 amide bonds. The Bertz CT molecular complexity index is 908. The standard InChI is InChI=1S/C24H21N/c1-19-10-8-9-15-22(19)18-25-23(20-11-4-2-5-12-20)16-17-24(25)21-13-6-3-7-14-21/h2-17H,18H2,1H3. The van der Waals surface area contributed by atoms with Crippen molar-refractivity contribution in [2.75, 3.05) is 0 Å². The van der Waals surface area contributed by atoms with Crippen molar-refractivity contribution in [3.8, 4) is 22.5 Å². The van der Waals surface area contributed by atoms with E-state index in [-0.39, 0.29) is 0 Å². The third kappa shape index (κ3) is 3.14. The lowest BCUT2D eigenvalue weighted by Crippen LogP contribution is -2.05. The molecule has 1 nitrogen and oxygen atoms in total. The first-order chi connectivity index (χ1) is 12.3. The van der Waals surface area contributed by atoms with Crippen LogP contribution in [0.3, 0.4) is 0 Å². The van der Waals surface area contributed by atoms with E-state index in [1.165, 1.54) is 33.6 Å². The molecule has 0 radical (unpaired) electrons. The zero-order chi connectivity index (χ0) is 17.1. The van der Waals surface area contributed by atoms with Gasteiger partial charge in [-0.1, -0.05) is 84.9 Å². The van der Waals surface area contributed by atoms with Crippen LogP contribution in [0.15, 0.2) is 97.1 Å². The quantitative estimate of drug-likeness (QED) is 0.422. The van der Waals surface area contributed by atoms with Gasteiger partial charge in [-0.2, -0.15) is 0 Å². The molecule has 4 rings (SSSR count). The second kappa shape index (κ2) is 6.82. The van der Waals surface area contributed by atoms with Crippen molar-refractivity contribution in [1.82, 2.24) is 4.57 Å². The summed E-state index contributed by atoms with van der Waals surface area (Å²) in [4.78, 5) is 0. The summed E-state index contributed by atoms with van der Waals surface area (Å²) in [6.07, 6.45) is 0. The molecule has 122 valence electrons. The minimum Gasteiger partial charge on any atom is -0.336 e. The first-order valence-corrected chi connectivity index (χ1v) is 8.68. The molecular weight excluding hydrogens is 302 g/mol. The van der Waals surface area contributed by atoms with Gasteiger partial charge in [-0.05, 0) is 41.3 Å². The highest BCUT2D eigenvalue weighted by Crippen LogP contribution is 2.30. The van der Waals surface area contributed by atoms with Gasteiger partial charge in [0, 0.05) is 17.9 Å². The Kier molecular flexibility index (Phi) is 4.22. The van der Waals surface area contributed by atoms with Crippen LogP contribution in [-0.4, -0.2) is 4.57 Å².